The van der Waals surface area contributed by atoms with Gasteiger partial charge >= 0.3 is 0 Å². The molecule has 1 N–H and O–H groups in total. The lowest BCUT2D eigenvalue weighted by molar-refractivity contribution is 0.0697. The van der Waals surface area contributed by atoms with E-state index in [-0.39, 0.29) is 17.9 Å². The van der Waals surface area contributed by atoms with Gasteiger partial charge in [-0.05, 0) is 37.1 Å². The number of aromatic nitrogens is 1. The quantitative estimate of drug-likeness (QED) is 0.801. The summed E-state index contributed by atoms with van der Waals surface area (Å²) in [7, 11) is 4.55. The summed E-state index contributed by atoms with van der Waals surface area (Å²) >= 11 is 0. The van der Waals surface area contributed by atoms with E-state index in [4.69, 9.17) is 14.2 Å². The molecule has 0 radical (unpaired) electrons. The van der Waals surface area contributed by atoms with Crippen LogP contribution in [0.5, 0.6) is 17.2 Å². The maximum Gasteiger partial charge on any atom is 0.254 e. The number of nitrogens with one attached hydrogen (secondary N) is 1. The van der Waals surface area contributed by atoms with Crippen LogP contribution in [-0.4, -0.2) is 62.2 Å². The van der Waals surface area contributed by atoms with E-state index in [1.165, 1.54) is 21.3 Å². The molecular formula is C21H25N3O5. The van der Waals surface area contributed by atoms with Crippen LogP contribution in [0.15, 0.2) is 36.7 Å². The predicted octanol–water partition coefficient (Wildman–Crippen LogP) is 2.14. The molecule has 29 heavy (non-hydrogen) atoms. The molecule has 2 amide bonds. The van der Waals surface area contributed by atoms with E-state index in [2.05, 4.69) is 10.3 Å². The number of hydrogen-bond donors (Lipinski definition) is 1. The topological polar surface area (TPSA) is 90.0 Å². The van der Waals surface area contributed by atoms with E-state index in [0.29, 0.717) is 54.3 Å². The summed E-state index contributed by atoms with van der Waals surface area (Å²) in [5.74, 6) is 1.10. The highest BCUT2D eigenvalue weighted by atomic mass is 16.5. The van der Waals surface area contributed by atoms with Crippen LogP contribution in [0.3, 0.4) is 0 Å². The molecule has 1 saturated heterocycles. The molecule has 0 bridgehead atoms. The Hall–Kier alpha value is -3.29. The maximum absolute atomic E-state index is 13.0. The van der Waals surface area contributed by atoms with Crippen molar-refractivity contribution in [3.05, 3.63) is 47.8 Å². The first-order chi connectivity index (χ1) is 14.1. The zero-order valence-corrected chi connectivity index (χ0v) is 16.8. The smallest absolute Gasteiger partial charge is 0.254 e. The number of hydrogen-bond acceptors (Lipinski definition) is 6. The van der Waals surface area contributed by atoms with Gasteiger partial charge in [-0.15, -0.1) is 0 Å². The molecule has 0 aliphatic carbocycles. The minimum Gasteiger partial charge on any atom is -0.493 e. The van der Waals surface area contributed by atoms with Crippen LogP contribution in [0, 0.1) is 0 Å². The van der Waals surface area contributed by atoms with Crippen molar-refractivity contribution >= 4 is 11.8 Å². The van der Waals surface area contributed by atoms with Crippen molar-refractivity contribution in [2.75, 3.05) is 34.4 Å². The lowest BCUT2D eigenvalue weighted by atomic mass is 10.0. The van der Waals surface area contributed by atoms with E-state index < -0.39 is 0 Å². The van der Waals surface area contributed by atoms with Gasteiger partial charge in [0.05, 0.1) is 21.3 Å². The van der Waals surface area contributed by atoms with Gasteiger partial charge in [-0.1, -0.05) is 0 Å². The SMILES string of the molecule is COc1cc(C(=O)N2CCC(NC(=O)c3ccncc3)CC2)cc(OC)c1OC. The first-order valence-corrected chi connectivity index (χ1v) is 9.37. The fourth-order valence-electron chi connectivity index (χ4n) is 3.39. The molecule has 1 fully saturated rings. The van der Waals surface area contributed by atoms with Crippen molar-refractivity contribution in [3.63, 3.8) is 0 Å². The molecule has 1 aliphatic rings. The Morgan fingerprint density at radius 2 is 1.55 bits per heavy atom. The predicted molar refractivity (Wildman–Crippen MR) is 107 cm³/mol. The van der Waals surface area contributed by atoms with Crippen LogP contribution in [0.4, 0.5) is 0 Å². The van der Waals surface area contributed by atoms with Crippen LogP contribution in [0.2, 0.25) is 0 Å². The summed E-state index contributed by atoms with van der Waals surface area (Å²) in [5, 5.41) is 3.02. The Balaban J connectivity index is 1.63. The normalized spacial score (nSPS) is 14.2. The zero-order chi connectivity index (χ0) is 20.8. The maximum atomic E-state index is 13.0. The van der Waals surface area contributed by atoms with E-state index in [0.717, 1.165) is 0 Å². The second-order valence-corrected chi connectivity index (χ2v) is 6.69. The third-order valence-corrected chi connectivity index (χ3v) is 4.97. The molecule has 2 aromatic rings. The molecule has 0 saturated carbocycles. The Bertz CT molecular complexity index is 839. The van der Waals surface area contributed by atoms with Gasteiger partial charge in [-0.3, -0.25) is 14.6 Å². The van der Waals surface area contributed by atoms with Crippen molar-refractivity contribution in [1.82, 2.24) is 15.2 Å². The van der Waals surface area contributed by atoms with E-state index >= 15 is 0 Å². The monoisotopic (exact) mass is 399 g/mol. The van der Waals surface area contributed by atoms with Crippen molar-refractivity contribution in [2.45, 2.75) is 18.9 Å². The highest BCUT2D eigenvalue weighted by Crippen LogP contribution is 2.38. The minimum atomic E-state index is -0.123. The van der Waals surface area contributed by atoms with Crippen LogP contribution < -0.4 is 19.5 Å². The van der Waals surface area contributed by atoms with Crippen LogP contribution in [0.25, 0.3) is 0 Å². The molecule has 1 aromatic heterocycles. The third-order valence-electron chi connectivity index (χ3n) is 4.97. The van der Waals surface area contributed by atoms with Gasteiger partial charge in [0, 0.05) is 42.7 Å². The first kappa shape index (κ1) is 20.4. The Kier molecular flexibility index (Phi) is 6.54. The second-order valence-electron chi connectivity index (χ2n) is 6.69. The summed E-state index contributed by atoms with van der Waals surface area (Å²) in [6.45, 7) is 1.10. The number of nitrogens with zero attached hydrogens (tertiary/aromatic N) is 2. The zero-order valence-electron chi connectivity index (χ0n) is 16.8. The molecule has 2 heterocycles. The fourth-order valence-corrected chi connectivity index (χ4v) is 3.39. The molecule has 8 nitrogen and oxygen atoms in total. The number of likely N-dealkylation sites (tertiary alicyclic amines) is 1. The average Bonchev–Trinajstić information content (AvgIpc) is 2.78. The molecule has 1 aromatic carbocycles. The summed E-state index contributed by atoms with van der Waals surface area (Å²) in [6, 6.07) is 6.69. The minimum absolute atomic E-state index is 0.0275. The van der Waals surface area contributed by atoms with Gasteiger partial charge in [0.15, 0.2) is 11.5 Å². The standard InChI is InChI=1S/C21H25N3O5/c1-27-17-12-15(13-18(28-2)19(17)29-3)21(26)24-10-6-16(7-11-24)23-20(25)14-4-8-22-9-5-14/h4-5,8-9,12-13,16H,6-7,10-11H2,1-3H3,(H,23,25). The van der Waals surface area contributed by atoms with Gasteiger partial charge in [-0.2, -0.15) is 0 Å². The number of ether oxygens (including phenoxy) is 3. The number of amides is 2. The third kappa shape index (κ3) is 4.59. The Labute approximate surface area is 169 Å². The summed E-state index contributed by atoms with van der Waals surface area (Å²) in [5.41, 5.74) is 1.05. The number of benzene rings is 1. The molecule has 8 heteroatoms. The number of carbonyl (C=O) groups is 2. The summed E-state index contributed by atoms with van der Waals surface area (Å²) in [6.07, 6.45) is 4.56. The summed E-state index contributed by atoms with van der Waals surface area (Å²) in [4.78, 5) is 30.9. The number of rotatable bonds is 6. The van der Waals surface area contributed by atoms with Crippen molar-refractivity contribution < 1.29 is 23.8 Å². The van der Waals surface area contributed by atoms with Crippen molar-refractivity contribution in [3.8, 4) is 17.2 Å². The highest BCUT2D eigenvalue weighted by Gasteiger charge is 2.26. The van der Waals surface area contributed by atoms with E-state index in [1.807, 2.05) is 0 Å². The van der Waals surface area contributed by atoms with Gasteiger partial charge < -0.3 is 24.4 Å². The average molecular weight is 399 g/mol. The van der Waals surface area contributed by atoms with Gasteiger partial charge in [0.25, 0.3) is 11.8 Å². The summed E-state index contributed by atoms with van der Waals surface area (Å²) < 4.78 is 16.0. The van der Waals surface area contributed by atoms with Crippen molar-refractivity contribution in [1.29, 1.82) is 0 Å². The number of piperidine rings is 1. The molecule has 1 aliphatic heterocycles. The largest absolute Gasteiger partial charge is 0.493 e. The highest BCUT2D eigenvalue weighted by molar-refractivity contribution is 5.96. The van der Waals surface area contributed by atoms with E-state index in [9.17, 15) is 9.59 Å². The first-order valence-electron chi connectivity index (χ1n) is 9.37. The Morgan fingerprint density at radius 3 is 2.07 bits per heavy atom. The van der Waals surface area contributed by atoms with Gasteiger partial charge in [-0.25, -0.2) is 0 Å². The molecule has 0 atom stereocenters. The van der Waals surface area contributed by atoms with Crippen LogP contribution in [0.1, 0.15) is 33.6 Å². The lowest BCUT2D eigenvalue weighted by Crippen LogP contribution is -2.46. The molecule has 0 unspecified atom stereocenters. The Morgan fingerprint density at radius 1 is 0.966 bits per heavy atom. The van der Waals surface area contributed by atoms with Gasteiger partial charge in [0.1, 0.15) is 0 Å². The molecule has 154 valence electrons. The molecule has 3 rings (SSSR count). The van der Waals surface area contributed by atoms with Crippen molar-refractivity contribution in [2.24, 2.45) is 0 Å². The second kappa shape index (κ2) is 9.27. The number of pyridine rings is 1. The number of methoxy groups -OCH3 is 3. The molecule has 0 spiro atoms. The van der Waals surface area contributed by atoms with Gasteiger partial charge in [0.2, 0.25) is 5.75 Å². The lowest BCUT2D eigenvalue weighted by Gasteiger charge is -2.32. The van der Waals surface area contributed by atoms with Crippen LogP contribution >= 0.6 is 0 Å². The van der Waals surface area contributed by atoms with E-state index in [1.54, 1.807) is 41.6 Å². The molecular weight excluding hydrogens is 374 g/mol. The fraction of sp³-hybridized carbons (Fsp3) is 0.381. The van der Waals surface area contributed by atoms with Crippen LogP contribution in [-0.2, 0) is 0 Å². The number of carbonyl (C=O) groups excluding carboxylic acids is 2.